The predicted molar refractivity (Wildman–Crippen MR) is 78.5 cm³/mol. The van der Waals surface area contributed by atoms with Gasteiger partial charge in [0, 0.05) is 12.0 Å². The van der Waals surface area contributed by atoms with Gasteiger partial charge in [-0.25, -0.2) is 28.1 Å². The van der Waals surface area contributed by atoms with E-state index >= 15 is 0 Å². The van der Waals surface area contributed by atoms with Crippen LogP contribution in [0.25, 0.3) is 0 Å². The molecule has 0 radical (unpaired) electrons. The van der Waals surface area contributed by atoms with Crippen LogP contribution in [0.4, 0.5) is 0 Å². The summed E-state index contributed by atoms with van der Waals surface area (Å²) < 4.78 is 8.24. The van der Waals surface area contributed by atoms with Gasteiger partial charge < -0.3 is 4.74 Å². The average molecular weight is 293 g/mol. The molecule has 0 saturated carbocycles. The lowest BCUT2D eigenvalue weighted by Crippen LogP contribution is -2.57. The van der Waals surface area contributed by atoms with Crippen molar-refractivity contribution in [3.05, 3.63) is 56.8 Å². The highest BCUT2D eigenvalue weighted by atomic mass is 16.5. The summed E-state index contributed by atoms with van der Waals surface area (Å²) in [6.07, 6.45) is 2.90. The number of aromatic nitrogens is 3. The van der Waals surface area contributed by atoms with E-state index < -0.39 is 17.1 Å². The lowest BCUT2D eigenvalue weighted by atomic mass is 9.89. The van der Waals surface area contributed by atoms with E-state index in [0.717, 1.165) is 13.7 Å². The molecule has 0 atom stereocenters. The van der Waals surface area contributed by atoms with Crippen molar-refractivity contribution in [1.29, 1.82) is 0 Å². The van der Waals surface area contributed by atoms with Crippen molar-refractivity contribution in [3.63, 3.8) is 0 Å². The maximum Gasteiger partial charge on any atom is 0.336 e. The van der Waals surface area contributed by atoms with E-state index in [4.69, 9.17) is 4.74 Å². The van der Waals surface area contributed by atoms with E-state index in [-0.39, 0.29) is 25.0 Å². The Labute approximate surface area is 121 Å². The SMILES string of the molecule is C=CCn1c(=O)n(CC=C)c(=O)n(CC2(C)COC2)c1=O. The Balaban J connectivity index is 2.65. The zero-order valence-corrected chi connectivity index (χ0v) is 12.1. The zero-order chi connectivity index (χ0) is 15.6. The van der Waals surface area contributed by atoms with Gasteiger partial charge in [0.1, 0.15) is 0 Å². The number of rotatable bonds is 6. The normalized spacial score (nSPS) is 16.2. The standard InChI is InChI=1S/C14H19N3O4/c1-4-6-15-11(18)16(7-5-2)13(20)17(12(15)19)8-14(3)9-21-10-14/h4-5H,1-2,6-10H2,3H3. The molecular formula is C14H19N3O4. The fourth-order valence-corrected chi connectivity index (χ4v) is 2.31. The Morgan fingerprint density at radius 2 is 1.43 bits per heavy atom. The van der Waals surface area contributed by atoms with E-state index in [1.165, 1.54) is 12.2 Å². The minimum absolute atomic E-state index is 0.0578. The van der Waals surface area contributed by atoms with Crippen molar-refractivity contribution in [2.45, 2.75) is 26.6 Å². The smallest absolute Gasteiger partial charge is 0.336 e. The molecule has 21 heavy (non-hydrogen) atoms. The molecule has 0 spiro atoms. The van der Waals surface area contributed by atoms with Gasteiger partial charge in [0.15, 0.2) is 0 Å². The summed E-state index contributed by atoms with van der Waals surface area (Å²) in [5.74, 6) is 0. The molecule has 1 saturated heterocycles. The largest absolute Gasteiger partial charge is 0.380 e. The van der Waals surface area contributed by atoms with Crippen molar-refractivity contribution >= 4 is 0 Å². The Hall–Kier alpha value is -2.15. The molecule has 7 nitrogen and oxygen atoms in total. The summed E-state index contributed by atoms with van der Waals surface area (Å²) in [6.45, 7) is 10.3. The Kier molecular flexibility index (Phi) is 4.13. The third-order valence-corrected chi connectivity index (χ3v) is 3.45. The molecule has 2 rings (SSSR count). The zero-order valence-electron chi connectivity index (χ0n) is 12.1. The first-order valence-corrected chi connectivity index (χ1v) is 6.67. The number of hydrogen-bond donors (Lipinski definition) is 0. The van der Waals surface area contributed by atoms with Crippen LogP contribution < -0.4 is 17.1 Å². The van der Waals surface area contributed by atoms with Crippen LogP contribution in [0.15, 0.2) is 39.7 Å². The summed E-state index contributed by atoms with van der Waals surface area (Å²) >= 11 is 0. The maximum absolute atomic E-state index is 12.4. The molecule has 0 aliphatic carbocycles. The van der Waals surface area contributed by atoms with E-state index in [9.17, 15) is 14.4 Å². The topological polar surface area (TPSA) is 75.2 Å². The van der Waals surface area contributed by atoms with Crippen LogP contribution in [0.5, 0.6) is 0 Å². The highest BCUT2D eigenvalue weighted by Gasteiger charge is 2.35. The quantitative estimate of drug-likeness (QED) is 0.668. The maximum atomic E-state index is 12.4. The van der Waals surface area contributed by atoms with Gasteiger partial charge in [-0.1, -0.05) is 19.1 Å². The average Bonchev–Trinajstić information content (AvgIpc) is 2.42. The van der Waals surface area contributed by atoms with Crippen LogP contribution in [0.3, 0.4) is 0 Å². The van der Waals surface area contributed by atoms with Crippen LogP contribution in [0.2, 0.25) is 0 Å². The molecule has 1 aromatic rings. The van der Waals surface area contributed by atoms with Gasteiger partial charge in [-0.05, 0) is 0 Å². The summed E-state index contributed by atoms with van der Waals surface area (Å²) in [4.78, 5) is 36.9. The van der Waals surface area contributed by atoms with Crippen LogP contribution >= 0.6 is 0 Å². The third kappa shape index (κ3) is 2.69. The molecule has 0 unspecified atom stereocenters. The number of hydrogen-bond acceptors (Lipinski definition) is 4. The van der Waals surface area contributed by atoms with E-state index in [0.29, 0.717) is 13.2 Å². The van der Waals surface area contributed by atoms with Gasteiger partial charge in [-0.15, -0.1) is 13.2 Å². The van der Waals surface area contributed by atoms with Crippen LogP contribution in [-0.4, -0.2) is 26.9 Å². The van der Waals surface area contributed by atoms with Gasteiger partial charge in [0.25, 0.3) is 0 Å². The van der Waals surface area contributed by atoms with E-state index in [1.54, 1.807) is 0 Å². The van der Waals surface area contributed by atoms with Gasteiger partial charge in [-0.3, -0.25) is 0 Å². The number of nitrogens with zero attached hydrogens (tertiary/aromatic N) is 3. The van der Waals surface area contributed by atoms with Gasteiger partial charge in [-0.2, -0.15) is 0 Å². The molecule has 1 aromatic heterocycles. The predicted octanol–water partition coefficient (Wildman–Crippen LogP) is -0.420. The molecule has 2 heterocycles. The van der Waals surface area contributed by atoms with Crippen LogP contribution in [0.1, 0.15) is 6.92 Å². The third-order valence-electron chi connectivity index (χ3n) is 3.45. The van der Waals surface area contributed by atoms with Crippen molar-refractivity contribution in [3.8, 4) is 0 Å². The first-order chi connectivity index (χ1) is 9.93. The molecule has 7 heteroatoms. The van der Waals surface area contributed by atoms with E-state index in [1.807, 2.05) is 6.92 Å². The molecule has 0 bridgehead atoms. The monoisotopic (exact) mass is 293 g/mol. The Morgan fingerprint density at radius 3 is 1.76 bits per heavy atom. The second-order valence-electron chi connectivity index (χ2n) is 5.54. The van der Waals surface area contributed by atoms with Gasteiger partial charge in [0.2, 0.25) is 0 Å². The Morgan fingerprint density at radius 1 is 1.00 bits per heavy atom. The van der Waals surface area contributed by atoms with E-state index in [2.05, 4.69) is 13.2 Å². The second-order valence-corrected chi connectivity index (χ2v) is 5.54. The lowest BCUT2D eigenvalue weighted by molar-refractivity contribution is -0.111. The van der Waals surface area contributed by atoms with Crippen LogP contribution in [-0.2, 0) is 24.4 Å². The Bertz CT molecular complexity index is 686. The highest BCUT2D eigenvalue weighted by Crippen LogP contribution is 2.27. The van der Waals surface area contributed by atoms with Crippen molar-refractivity contribution in [2.75, 3.05) is 13.2 Å². The fraction of sp³-hybridized carbons (Fsp3) is 0.500. The molecule has 0 amide bonds. The highest BCUT2D eigenvalue weighted by molar-refractivity contribution is 4.88. The molecule has 1 aliphatic heterocycles. The summed E-state index contributed by atoms with van der Waals surface area (Å²) in [7, 11) is 0. The molecule has 0 aromatic carbocycles. The summed E-state index contributed by atoms with van der Waals surface area (Å²) in [6, 6.07) is 0. The van der Waals surface area contributed by atoms with Gasteiger partial charge >= 0.3 is 17.1 Å². The van der Waals surface area contributed by atoms with Crippen molar-refractivity contribution in [2.24, 2.45) is 5.41 Å². The van der Waals surface area contributed by atoms with Crippen LogP contribution in [0, 0.1) is 5.41 Å². The van der Waals surface area contributed by atoms with Crippen molar-refractivity contribution in [1.82, 2.24) is 13.7 Å². The second kappa shape index (κ2) is 5.69. The molecule has 114 valence electrons. The van der Waals surface area contributed by atoms with Crippen molar-refractivity contribution < 1.29 is 4.74 Å². The molecule has 1 fully saturated rings. The van der Waals surface area contributed by atoms with Gasteiger partial charge in [0.05, 0.1) is 26.3 Å². The molecule has 1 aliphatic rings. The molecule has 0 N–H and O–H groups in total. The molecular weight excluding hydrogens is 274 g/mol. The summed E-state index contributed by atoms with van der Waals surface area (Å²) in [5.41, 5.74) is -2.13. The number of ether oxygens (including phenoxy) is 1. The summed E-state index contributed by atoms with van der Waals surface area (Å²) in [5, 5.41) is 0. The lowest BCUT2D eigenvalue weighted by Gasteiger charge is -2.38. The minimum atomic E-state index is -0.643. The fourth-order valence-electron chi connectivity index (χ4n) is 2.31. The first-order valence-electron chi connectivity index (χ1n) is 6.67. The minimum Gasteiger partial charge on any atom is -0.380 e. The first kappa shape index (κ1) is 15.2. The number of allylic oxidation sites excluding steroid dienone is 2.